The maximum Gasteiger partial charge on any atom is 0.123 e. The molecule has 20 heavy (non-hydrogen) atoms. The van der Waals surface area contributed by atoms with Crippen LogP contribution >= 0.6 is 0 Å². The fourth-order valence-corrected chi connectivity index (χ4v) is 2.46. The van der Waals surface area contributed by atoms with Crippen LogP contribution < -0.4 is 10.2 Å². The molecule has 1 N–H and O–H groups in total. The molecule has 0 aliphatic heterocycles. The van der Waals surface area contributed by atoms with E-state index in [4.69, 9.17) is 4.42 Å². The van der Waals surface area contributed by atoms with E-state index in [1.165, 1.54) is 24.1 Å². The minimum Gasteiger partial charge on any atom is -0.467 e. The maximum absolute atomic E-state index is 5.49. The van der Waals surface area contributed by atoms with Gasteiger partial charge in [0.25, 0.3) is 0 Å². The van der Waals surface area contributed by atoms with Gasteiger partial charge in [-0.25, -0.2) is 0 Å². The topological polar surface area (TPSA) is 28.4 Å². The van der Waals surface area contributed by atoms with Crippen LogP contribution in [0.5, 0.6) is 0 Å². The Hall–Kier alpha value is -1.74. The molecule has 0 atom stereocenters. The van der Waals surface area contributed by atoms with Gasteiger partial charge in [0.2, 0.25) is 0 Å². The van der Waals surface area contributed by atoms with Crippen molar-refractivity contribution in [2.45, 2.75) is 38.9 Å². The molecule has 2 aromatic rings. The Morgan fingerprint density at radius 2 is 2.00 bits per heavy atom. The molecule has 0 spiro atoms. The van der Waals surface area contributed by atoms with E-state index in [1.807, 2.05) is 6.07 Å². The van der Waals surface area contributed by atoms with E-state index in [-0.39, 0.29) is 0 Å². The molecule has 0 saturated heterocycles. The molecular formula is C17H22N2O. The highest BCUT2D eigenvalue weighted by atomic mass is 16.3. The van der Waals surface area contributed by atoms with Gasteiger partial charge in [0.15, 0.2) is 0 Å². The molecule has 0 amide bonds. The minimum absolute atomic E-state index is 0.680. The van der Waals surface area contributed by atoms with Crippen LogP contribution in [-0.4, -0.2) is 12.6 Å². The van der Waals surface area contributed by atoms with E-state index in [1.54, 1.807) is 6.26 Å². The number of rotatable bonds is 7. The number of hydrogen-bond donors (Lipinski definition) is 1. The van der Waals surface area contributed by atoms with Gasteiger partial charge in [-0.2, -0.15) is 0 Å². The van der Waals surface area contributed by atoms with E-state index in [0.29, 0.717) is 6.04 Å². The second kappa shape index (κ2) is 6.14. The molecule has 1 heterocycles. The summed E-state index contributed by atoms with van der Waals surface area (Å²) in [6, 6.07) is 13.6. The maximum atomic E-state index is 5.49. The van der Waals surface area contributed by atoms with Crippen molar-refractivity contribution >= 4 is 5.69 Å². The van der Waals surface area contributed by atoms with E-state index in [2.05, 4.69) is 47.5 Å². The molecule has 3 nitrogen and oxygen atoms in total. The average Bonchev–Trinajstić information content (AvgIpc) is 3.20. The SMILES string of the molecule is CCNCc1ccc(N(Cc2ccco2)C2CC2)cc1. The van der Waals surface area contributed by atoms with Crippen LogP contribution in [0.4, 0.5) is 5.69 Å². The normalized spacial score (nSPS) is 14.4. The summed E-state index contributed by atoms with van der Waals surface area (Å²) in [5.41, 5.74) is 2.63. The van der Waals surface area contributed by atoms with Crippen molar-refractivity contribution in [3.8, 4) is 0 Å². The van der Waals surface area contributed by atoms with Gasteiger partial charge < -0.3 is 14.6 Å². The molecule has 0 bridgehead atoms. The van der Waals surface area contributed by atoms with E-state index in [0.717, 1.165) is 25.4 Å². The highest BCUT2D eigenvalue weighted by molar-refractivity contribution is 5.50. The molecule has 106 valence electrons. The highest BCUT2D eigenvalue weighted by Crippen LogP contribution is 2.33. The first kappa shape index (κ1) is 13.3. The largest absolute Gasteiger partial charge is 0.467 e. The third-order valence-corrected chi connectivity index (χ3v) is 3.74. The number of benzene rings is 1. The quantitative estimate of drug-likeness (QED) is 0.834. The fraction of sp³-hybridized carbons (Fsp3) is 0.412. The lowest BCUT2D eigenvalue weighted by Crippen LogP contribution is -2.24. The van der Waals surface area contributed by atoms with Gasteiger partial charge in [0.1, 0.15) is 5.76 Å². The fourth-order valence-electron chi connectivity index (χ4n) is 2.46. The van der Waals surface area contributed by atoms with Crippen LogP contribution in [0.2, 0.25) is 0 Å². The summed E-state index contributed by atoms with van der Waals surface area (Å²) in [4.78, 5) is 2.45. The number of furan rings is 1. The molecule has 1 saturated carbocycles. The van der Waals surface area contributed by atoms with Crippen molar-refractivity contribution < 1.29 is 4.42 Å². The summed E-state index contributed by atoms with van der Waals surface area (Å²) < 4.78 is 5.49. The standard InChI is InChI=1S/C17H22N2O/c1-2-18-12-14-5-7-15(8-6-14)19(16-9-10-16)13-17-4-3-11-20-17/h3-8,11,16,18H,2,9-10,12-13H2,1H3. The summed E-state index contributed by atoms with van der Waals surface area (Å²) in [5, 5.41) is 3.36. The molecule has 0 unspecified atom stereocenters. The number of nitrogens with one attached hydrogen (secondary N) is 1. The summed E-state index contributed by atoms with van der Waals surface area (Å²) in [6.45, 7) is 4.95. The Labute approximate surface area is 120 Å². The Bertz CT molecular complexity index is 514. The van der Waals surface area contributed by atoms with Gasteiger partial charge >= 0.3 is 0 Å². The van der Waals surface area contributed by atoms with Crippen LogP contribution in [0.1, 0.15) is 31.1 Å². The van der Waals surface area contributed by atoms with Gasteiger partial charge in [-0.1, -0.05) is 19.1 Å². The minimum atomic E-state index is 0.680. The summed E-state index contributed by atoms with van der Waals surface area (Å²) >= 11 is 0. The van der Waals surface area contributed by atoms with Crippen molar-refractivity contribution in [1.29, 1.82) is 0 Å². The number of nitrogens with zero attached hydrogens (tertiary/aromatic N) is 1. The van der Waals surface area contributed by atoms with Gasteiger partial charge in [-0.05, 0) is 49.2 Å². The zero-order chi connectivity index (χ0) is 13.8. The van der Waals surface area contributed by atoms with E-state index >= 15 is 0 Å². The zero-order valence-corrected chi connectivity index (χ0v) is 12.0. The van der Waals surface area contributed by atoms with Crippen LogP contribution in [0, 0.1) is 0 Å². The Morgan fingerprint density at radius 1 is 1.20 bits per heavy atom. The predicted octanol–water partition coefficient (Wildman–Crippen LogP) is 3.56. The Balaban J connectivity index is 1.70. The summed E-state index contributed by atoms with van der Waals surface area (Å²) in [5.74, 6) is 1.04. The van der Waals surface area contributed by atoms with Gasteiger partial charge in [0.05, 0.1) is 12.8 Å². The molecule has 3 heteroatoms. The second-order valence-electron chi connectivity index (χ2n) is 5.39. The molecule has 1 fully saturated rings. The Morgan fingerprint density at radius 3 is 2.60 bits per heavy atom. The second-order valence-corrected chi connectivity index (χ2v) is 5.39. The molecule has 0 radical (unpaired) electrons. The van der Waals surface area contributed by atoms with Crippen molar-refractivity contribution in [1.82, 2.24) is 5.32 Å². The van der Waals surface area contributed by atoms with Crippen LogP contribution in [0.3, 0.4) is 0 Å². The molecule has 1 aliphatic carbocycles. The monoisotopic (exact) mass is 270 g/mol. The first-order chi connectivity index (χ1) is 9.86. The molecule has 1 aromatic carbocycles. The lowest BCUT2D eigenvalue weighted by atomic mass is 10.2. The van der Waals surface area contributed by atoms with Crippen molar-refractivity contribution in [2.24, 2.45) is 0 Å². The lowest BCUT2D eigenvalue weighted by Gasteiger charge is -2.24. The third-order valence-electron chi connectivity index (χ3n) is 3.74. The highest BCUT2D eigenvalue weighted by Gasteiger charge is 2.29. The average molecular weight is 270 g/mol. The first-order valence-electron chi connectivity index (χ1n) is 7.45. The first-order valence-corrected chi connectivity index (χ1v) is 7.45. The van der Waals surface area contributed by atoms with E-state index in [9.17, 15) is 0 Å². The molecule has 1 aromatic heterocycles. The van der Waals surface area contributed by atoms with Crippen LogP contribution in [0.15, 0.2) is 47.1 Å². The van der Waals surface area contributed by atoms with Crippen molar-refractivity contribution in [2.75, 3.05) is 11.4 Å². The molecule has 1 aliphatic rings. The van der Waals surface area contributed by atoms with Crippen molar-refractivity contribution in [3.05, 3.63) is 54.0 Å². The Kier molecular flexibility index (Phi) is 4.07. The predicted molar refractivity (Wildman–Crippen MR) is 81.7 cm³/mol. The third kappa shape index (κ3) is 3.23. The van der Waals surface area contributed by atoms with Crippen molar-refractivity contribution in [3.63, 3.8) is 0 Å². The van der Waals surface area contributed by atoms with E-state index < -0.39 is 0 Å². The summed E-state index contributed by atoms with van der Waals surface area (Å²) in [6.07, 6.45) is 4.33. The zero-order valence-electron chi connectivity index (χ0n) is 12.0. The van der Waals surface area contributed by atoms with Crippen LogP contribution in [-0.2, 0) is 13.1 Å². The number of hydrogen-bond acceptors (Lipinski definition) is 3. The molecular weight excluding hydrogens is 248 g/mol. The lowest BCUT2D eigenvalue weighted by molar-refractivity contribution is 0.501. The van der Waals surface area contributed by atoms with Gasteiger partial charge in [-0.15, -0.1) is 0 Å². The number of anilines is 1. The van der Waals surface area contributed by atoms with Gasteiger partial charge in [0, 0.05) is 18.3 Å². The smallest absolute Gasteiger partial charge is 0.123 e. The van der Waals surface area contributed by atoms with Gasteiger partial charge in [-0.3, -0.25) is 0 Å². The molecule has 3 rings (SSSR count). The summed E-state index contributed by atoms with van der Waals surface area (Å²) in [7, 11) is 0. The van der Waals surface area contributed by atoms with Crippen LogP contribution in [0.25, 0.3) is 0 Å².